The van der Waals surface area contributed by atoms with Crippen molar-refractivity contribution in [3.05, 3.63) is 109 Å². The zero-order valence-corrected chi connectivity index (χ0v) is 80.6. The van der Waals surface area contributed by atoms with Gasteiger partial charge in [0.15, 0.2) is 12.7 Å². The van der Waals surface area contributed by atoms with Crippen molar-refractivity contribution in [3.8, 4) is 0 Å². The molecule has 1 heterocycles. The van der Waals surface area contributed by atoms with Crippen LogP contribution >= 0.6 is 0 Å². The normalized spacial score (nSPS) is 27.4. The van der Waals surface area contributed by atoms with E-state index in [4.69, 9.17) is 38.3 Å². The molecule has 0 aromatic carbocycles. The van der Waals surface area contributed by atoms with Crippen LogP contribution in [0.15, 0.2) is 109 Å². The van der Waals surface area contributed by atoms with Crippen molar-refractivity contribution in [2.45, 2.75) is 369 Å². The van der Waals surface area contributed by atoms with Gasteiger partial charge in [0, 0.05) is 62.0 Å². The highest BCUT2D eigenvalue weighted by molar-refractivity contribution is 5.91. The van der Waals surface area contributed by atoms with Crippen molar-refractivity contribution in [1.29, 1.82) is 0 Å². The van der Waals surface area contributed by atoms with Crippen molar-refractivity contribution in [1.82, 2.24) is 0 Å². The predicted octanol–water partition coefficient (Wildman–Crippen LogP) is 21.1. The van der Waals surface area contributed by atoms with E-state index in [1.165, 1.54) is 144 Å². The number of alkyl halides is 5. The molecule has 14 aliphatic rings. The molecule has 14 fully saturated rings. The van der Waals surface area contributed by atoms with Crippen LogP contribution in [0.25, 0.3) is 0 Å². The van der Waals surface area contributed by atoms with Crippen LogP contribution in [0.5, 0.6) is 0 Å². The van der Waals surface area contributed by atoms with Crippen LogP contribution in [0.2, 0.25) is 0 Å². The van der Waals surface area contributed by atoms with Crippen molar-refractivity contribution >= 4 is 65.7 Å². The standard InChI is InChI=1S/C16H24O2.C15H22O2.C13H20F2O4.C12H14O4.C12H20O2.C11H18O2.C10H16O2.C6H7F3O2.C6H10O3/c1-4-16(18-15(17)10(2)3)13-6-11-5-12(8-13)9-14(16)7-11;1-9(2)14(16)17-15(3)12-5-10-4-11(7-12)8-13(15)6-10;1-7-9(18-10(16)8(2)3)13(14,15)11(17)19-12(4,5)6;1-5(2)11(13)15-9-6-3-7-8(4-6)12(14)16-10(7)9;1-9(2)11(13)14-12(10(3)4)7-5-6-8-12;1-4-11(7-5-6-8-11)13-10(12)9(2)3;1-8(2)9(11)12-10(3)6-4-5-7-10;1-4(2)5(10)11-3-6(7,8)9;1-5(2)6(8)9-4-3-7/h11-14H,2,4-9H2,1,3H3;10-13H,1,4-8H2,2-3H3;9H,2,7H2,1,3-6H3;6-10H,1,3-4H2,2H3;10H,1,5-8H2,2-4H3;2,4-8H2,1,3H3;1,4-7H2,2-3H3;1,3H2,2H3;7H,1,3-4H2,2H3. The van der Waals surface area contributed by atoms with E-state index in [0.717, 1.165) is 87.9 Å². The molecule has 1 N–H and O–H groups in total. The van der Waals surface area contributed by atoms with E-state index in [2.05, 4.69) is 113 Å². The van der Waals surface area contributed by atoms with Crippen molar-refractivity contribution in [2.75, 3.05) is 19.8 Å². The second-order valence-electron chi connectivity index (χ2n) is 39.7. The summed E-state index contributed by atoms with van der Waals surface area (Å²) in [6.07, 6.45) is 22.8. The molecule has 728 valence electrons. The average molecular weight is 1830 g/mol. The van der Waals surface area contributed by atoms with E-state index >= 15 is 0 Å². The zero-order valence-electron chi connectivity index (χ0n) is 80.6. The number of esters is 11. The number of hydrogen-bond acceptors (Lipinski definition) is 23. The highest BCUT2D eigenvalue weighted by Gasteiger charge is 2.64. The summed E-state index contributed by atoms with van der Waals surface area (Å²) >= 11 is 0. The summed E-state index contributed by atoms with van der Waals surface area (Å²) in [7, 11) is 0. The molecule has 1 saturated heterocycles. The number of fused-ring (bicyclic) bond motifs is 1. The highest BCUT2D eigenvalue weighted by Crippen LogP contribution is 2.62. The molecular formula is C101H151F5O23. The molecule has 13 aliphatic carbocycles. The SMILES string of the molecule is C=C(C)C(=O)OC(CC)C(F)(F)C(=O)OC(C)(C)C.C=C(C)C(=O)OC1(C(C)C)CCCC1.C=C(C)C(=O)OC1(C)C2CC3CC(C2)CC1C3.C=C(C)C(=O)OC1(C)CCCC1.C=C(C)C(=O)OC1(CC)C2CC3CC(C2)CC1C3.C=C(C)C(=O)OC1(CC)CCCC1.C=C(C)C(=O)OC1C2CC3C(=O)OC1C3C2.C=C(C)C(=O)OCC(F)(F)F.C=C(C)C(=O)OCCO. The highest BCUT2D eigenvalue weighted by atomic mass is 19.4. The Hall–Kier alpha value is -8.56. The molecule has 14 rings (SSSR count). The van der Waals surface area contributed by atoms with Gasteiger partial charge in [-0.1, -0.05) is 93.8 Å². The molecule has 129 heavy (non-hydrogen) atoms. The minimum atomic E-state index is -4.47. The Balaban J connectivity index is 0.000000306. The molecule has 6 atom stereocenters. The molecule has 0 aromatic heterocycles. The lowest BCUT2D eigenvalue weighted by Crippen LogP contribution is -2.59. The number of carbonyl (C=O) groups is 11. The van der Waals surface area contributed by atoms with Gasteiger partial charge in [-0.2, -0.15) is 22.0 Å². The number of aliphatic hydroxyl groups is 1. The van der Waals surface area contributed by atoms with E-state index in [1.54, 1.807) is 48.5 Å². The molecule has 13 saturated carbocycles. The molecule has 1 aliphatic heterocycles. The largest absolute Gasteiger partial charge is 0.460 e. The van der Waals surface area contributed by atoms with Gasteiger partial charge in [-0.05, 0) is 324 Å². The number of aliphatic hydroxyl groups excluding tert-OH is 1. The lowest BCUT2D eigenvalue weighted by atomic mass is 9.49. The lowest BCUT2D eigenvalue weighted by molar-refractivity contribution is -0.207. The number of rotatable bonds is 25. The minimum Gasteiger partial charge on any atom is -0.460 e. The maximum Gasteiger partial charge on any atom is 0.422 e. The van der Waals surface area contributed by atoms with Gasteiger partial charge in [0.25, 0.3) is 0 Å². The first kappa shape index (κ1) is 113. The Morgan fingerprint density at radius 2 is 0.853 bits per heavy atom. The minimum absolute atomic E-state index is 0.0153. The molecule has 23 nitrogen and oxygen atoms in total. The third kappa shape index (κ3) is 32.7. The Morgan fingerprint density at radius 1 is 0.465 bits per heavy atom. The molecule has 0 aromatic rings. The Bertz CT molecular complexity index is 3980. The predicted molar refractivity (Wildman–Crippen MR) is 479 cm³/mol. The van der Waals surface area contributed by atoms with Crippen molar-refractivity contribution in [2.24, 2.45) is 71.0 Å². The zero-order chi connectivity index (χ0) is 98.2. The third-order valence-corrected chi connectivity index (χ3v) is 26.9. The second-order valence-corrected chi connectivity index (χ2v) is 39.7. The van der Waals surface area contributed by atoms with E-state index in [1.807, 2.05) is 6.92 Å². The molecule has 0 amide bonds. The van der Waals surface area contributed by atoms with E-state index < -0.39 is 54.3 Å². The topological polar surface area (TPSA) is 310 Å². The molecule has 6 unspecified atom stereocenters. The molecule has 0 spiro atoms. The van der Waals surface area contributed by atoms with Crippen LogP contribution < -0.4 is 0 Å². The number of ether oxygens (including phenoxy) is 11. The summed E-state index contributed by atoms with van der Waals surface area (Å²) in [5.41, 5.74) is 1.22. The first-order chi connectivity index (χ1) is 59.6. The summed E-state index contributed by atoms with van der Waals surface area (Å²) in [5, 5.41) is 8.19. The fourth-order valence-electron chi connectivity index (χ4n) is 20.0. The Kier molecular flexibility index (Phi) is 42.6. The Morgan fingerprint density at radius 3 is 1.24 bits per heavy atom. The summed E-state index contributed by atoms with van der Waals surface area (Å²) in [6, 6.07) is 0. The van der Waals surface area contributed by atoms with Crippen molar-refractivity contribution in [3.63, 3.8) is 0 Å². The number of carbonyl (C=O) groups excluding carboxylic acids is 11. The summed E-state index contributed by atoms with van der Waals surface area (Å²) in [4.78, 5) is 124. The first-order valence-electron chi connectivity index (χ1n) is 46.0. The summed E-state index contributed by atoms with van der Waals surface area (Å²) in [6.45, 7) is 62.7. The fraction of sp³-hybridized carbons (Fsp3) is 0.713. The van der Waals surface area contributed by atoms with Gasteiger partial charge in [-0.25, -0.2) is 47.9 Å². The van der Waals surface area contributed by atoms with Crippen LogP contribution in [0.4, 0.5) is 22.0 Å². The molecule has 10 bridgehead atoms. The van der Waals surface area contributed by atoms with Gasteiger partial charge < -0.3 is 57.2 Å². The van der Waals surface area contributed by atoms with Crippen LogP contribution in [0, 0.1) is 71.0 Å². The van der Waals surface area contributed by atoms with Gasteiger partial charge >= 0.3 is 77.8 Å². The lowest BCUT2D eigenvalue weighted by Gasteiger charge is -2.60. The van der Waals surface area contributed by atoms with Gasteiger partial charge in [0.1, 0.15) is 52.4 Å². The number of halogens is 5. The summed E-state index contributed by atoms with van der Waals surface area (Å²) < 4.78 is 118. The Labute approximate surface area is 763 Å². The maximum absolute atomic E-state index is 13.9. The van der Waals surface area contributed by atoms with E-state index in [-0.39, 0.29) is 125 Å². The van der Waals surface area contributed by atoms with Crippen LogP contribution in [0.1, 0.15) is 305 Å². The van der Waals surface area contributed by atoms with E-state index in [0.29, 0.717) is 74.5 Å². The first-order valence-corrected chi connectivity index (χ1v) is 46.0. The second kappa shape index (κ2) is 48.7. The monoisotopic (exact) mass is 1830 g/mol. The van der Waals surface area contributed by atoms with Gasteiger partial charge in [-0.15, -0.1) is 0 Å². The van der Waals surface area contributed by atoms with Gasteiger partial charge in [0.2, 0.25) is 0 Å². The van der Waals surface area contributed by atoms with Crippen LogP contribution in [-0.2, 0) is 105 Å². The molecule has 0 radical (unpaired) electrons. The third-order valence-electron chi connectivity index (χ3n) is 26.9. The van der Waals surface area contributed by atoms with Gasteiger partial charge in [-0.3, -0.25) is 4.79 Å². The fourth-order valence-corrected chi connectivity index (χ4v) is 20.0. The molecular weight excluding hydrogens is 1680 g/mol. The van der Waals surface area contributed by atoms with Crippen LogP contribution in [0.3, 0.4) is 0 Å². The summed E-state index contributed by atoms with van der Waals surface area (Å²) in [5.74, 6) is -2.51. The van der Waals surface area contributed by atoms with Crippen LogP contribution in [-0.4, -0.2) is 155 Å². The van der Waals surface area contributed by atoms with Crippen molar-refractivity contribution < 1.29 is 132 Å². The average Bonchev–Trinajstić information content (AvgIpc) is 1.39. The smallest absolute Gasteiger partial charge is 0.422 e. The quantitative estimate of drug-likeness (QED) is 0.0384. The maximum atomic E-state index is 13.9. The van der Waals surface area contributed by atoms with Gasteiger partial charge in [0.05, 0.1) is 12.5 Å². The van der Waals surface area contributed by atoms with E-state index in [9.17, 15) is 74.7 Å². The molecule has 28 heteroatoms. The number of hydrogen-bond donors (Lipinski definition) is 1.